The number of carboxylic acid groups (broad SMARTS) is 2. The van der Waals surface area contributed by atoms with E-state index < -0.39 is 11.9 Å². The maximum absolute atomic E-state index is 12.7. The van der Waals surface area contributed by atoms with E-state index in [0.717, 1.165) is 0 Å². The Balaban J connectivity index is 2.84. The lowest BCUT2D eigenvalue weighted by Gasteiger charge is -2.21. The summed E-state index contributed by atoms with van der Waals surface area (Å²) in [5, 5.41) is 18.3. The molecule has 0 spiro atoms. The first-order valence-corrected chi connectivity index (χ1v) is 7.32. The van der Waals surface area contributed by atoms with Crippen molar-refractivity contribution in [1.29, 1.82) is 0 Å². The Hall–Kier alpha value is -2.63. The number of pyridine rings is 1. The second-order valence-corrected chi connectivity index (χ2v) is 5.85. The van der Waals surface area contributed by atoms with E-state index in [9.17, 15) is 14.4 Å². The highest BCUT2D eigenvalue weighted by atomic mass is 16.4. The van der Waals surface area contributed by atoms with Gasteiger partial charge < -0.3 is 14.8 Å². The number of carboxylic acids is 2. The molecule has 0 aliphatic heterocycles. The van der Waals surface area contributed by atoms with Gasteiger partial charge in [-0.15, -0.1) is 0 Å². The summed E-state index contributed by atoms with van der Waals surface area (Å²) in [6.45, 7) is 5.64. The predicted molar refractivity (Wildman–Crippen MR) is 86.0 cm³/mol. The van der Waals surface area contributed by atoms with Crippen LogP contribution in [0.1, 0.15) is 36.7 Å². The molecule has 0 amide bonds. The summed E-state index contributed by atoms with van der Waals surface area (Å²) in [5.41, 5.74) is 1.73. The van der Waals surface area contributed by atoms with E-state index in [4.69, 9.17) is 10.2 Å². The van der Waals surface area contributed by atoms with Gasteiger partial charge in [0.1, 0.15) is 0 Å². The normalized spacial score (nSPS) is 11.1. The van der Waals surface area contributed by atoms with Gasteiger partial charge in [0, 0.05) is 22.7 Å². The third-order valence-corrected chi connectivity index (χ3v) is 3.84. The maximum Gasteiger partial charge on any atom is 0.308 e. The summed E-state index contributed by atoms with van der Waals surface area (Å²) in [6, 6.07) is 5.00. The van der Waals surface area contributed by atoms with Crippen LogP contribution < -0.4 is 5.43 Å². The standard InChI is InChI=1S/C17H19NO5/c1-9(2)18-10(3)12(8-16(21)22)17(23)13-6-11(7-15(19)20)4-5-14(13)18/h4-6,9H,7-8H2,1-3H3,(H,19,20)(H,21,22). The van der Waals surface area contributed by atoms with Crippen LogP contribution in [0.25, 0.3) is 10.9 Å². The molecule has 2 rings (SSSR count). The highest BCUT2D eigenvalue weighted by Crippen LogP contribution is 2.22. The highest BCUT2D eigenvalue weighted by Gasteiger charge is 2.18. The average Bonchev–Trinajstić information content (AvgIpc) is 2.43. The van der Waals surface area contributed by atoms with Crippen molar-refractivity contribution in [3.05, 3.63) is 45.2 Å². The van der Waals surface area contributed by atoms with Crippen LogP contribution in [0.2, 0.25) is 0 Å². The average molecular weight is 317 g/mol. The summed E-state index contributed by atoms with van der Waals surface area (Å²) in [5.74, 6) is -2.05. The van der Waals surface area contributed by atoms with Crippen LogP contribution in [-0.4, -0.2) is 26.7 Å². The molecular formula is C17H19NO5. The molecule has 0 aliphatic rings. The molecule has 2 N–H and O–H groups in total. The monoisotopic (exact) mass is 317 g/mol. The number of hydrogen-bond donors (Lipinski definition) is 2. The smallest absolute Gasteiger partial charge is 0.308 e. The first-order valence-electron chi connectivity index (χ1n) is 7.32. The Morgan fingerprint density at radius 3 is 2.26 bits per heavy atom. The summed E-state index contributed by atoms with van der Waals surface area (Å²) in [6.07, 6.45) is -0.532. The number of nitrogens with zero attached hydrogens (tertiary/aromatic N) is 1. The van der Waals surface area contributed by atoms with Crippen LogP contribution >= 0.6 is 0 Å². The third kappa shape index (κ3) is 3.26. The van der Waals surface area contributed by atoms with Gasteiger partial charge in [0.2, 0.25) is 0 Å². The molecular weight excluding hydrogens is 298 g/mol. The SMILES string of the molecule is Cc1c(CC(=O)O)c(=O)c2cc(CC(=O)O)ccc2n1C(C)C. The molecule has 6 nitrogen and oxygen atoms in total. The zero-order valence-corrected chi connectivity index (χ0v) is 13.3. The van der Waals surface area contributed by atoms with Crippen LogP contribution in [0.3, 0.4) is 0 Å². The van der Waals surface area contributed by atoms with Crippen LogP contribution in [0.4, 0.5) is 0 Å². The molecule has 23 heavy (non-hydrogen) atoms. The molecule has 0 radical (unpaired) electrons. The molecule has 1 heterocycles. The van der Waals surface area contributed by atoms with Crippen molar-refractivity contribution in [2.45, 2.75) is 39.7 Å². The summed E-state index contributed by atoms with van der Waals surface area (Å²) >= 11 is 0. The highest BCUT2D eigenvalue weighted by molar-refractivity contribution is 5.84. The van der Waals surface area contributed by atoms with Crippen molar-refractivity contribution in [3.8, 4) is 0 Å². The Labute approximate surface area is 133 Å². The van der Waals surface area contributed by atoms with Crippen LogP contribution in [0.15, 0.2) is 23.0 Å². The zero-order valence-electron chi connectivity index (χ0n) is 13.3. The van der Waals surface area contributed by atoms with Gasteiger partial charge in [-0.1, -0.05) is 6.07 Å². The Morgan fingerprint density at radius 2 is 1.74 bits per heavy atom. The molecule has 0 fully saturated rings. The van der Waals surface area contributed by atoms with E-state index >= 15 is 0 Å². The van der Waals surface area contributed by atoms with E-state index in [-0.39, 0.29) is 29.9 Å². The number of hydrogen-bond acceptors (Lipinski definition) is 3. The van der Waals surface area contributed by atoms with Gasteiger partial charge in [0.25, 0.3) is 0 Å². The predicted octanol–water partition coefficient (Wildman–Crippen LogP) is 2.15. The summed E-state index contributed by atoms with van der Waals surface area (Å²) in [4.78, 5) is 34.6. The van der Waals surface area contributed by atoms with Crippen molar-refractivity contribution >= 4 is 22.8 Å². The van der Waals surface area contributed by atoms with Crippen molar-refractivity contribution in [1.82, 2.24) is 4.57 Å². The molecule has 6 heteroatoms. The summed E-state index contributed by atoms with van der Waals surface area (Å²) in [7, 11) is 0. The lowest BCUT2D eigenvalue weighted by Crippen LogP contribution is -2.22. The Morgan fingerprint density at radius 1 is 1.13 bits per heavy atom. The van der Waals surface area contributed by atoms with E-state index in [1.165, 1.54) is 0 Å². The second-order valence-electron chi connectivity index (χ2n) is 5.85. The van der Waals surface area contributed by atoms with Crippen molar-refractivity contribution < 1.29 is 19.8 Å². The minimum Gasteiger partial charge on any atom is -0.481 e. The van der Waals surface area contributed by atoms with Crippen molar-refractivity contribution in [2.75, 3.05) is 0 Å². The van der Waals surface area contributed by atoms with E-state index in [1.807, 2.05) is 18.4 Å². The van der Waals surface area contributed by atoms with E-state index in [2.05, 4.69) is 0 Å². The molecule has 0 saturated carbocycles. The fourth-order valence-corrected chi connectivity index (χ4v) is 2.94. The number of benzene rings is 1. The quantitative estimate of drug-likeness (QED) is 0.880. The molecule has 1 aromatic heterocycles. The molecule has 0 unspecified atom stereocenters. The Bertz CT molecular complexity index is 848. The minimum atomic E-state index is -1.07. The maximum atomic E-state index is 12.7. The fourth-order valence-electron chi connectivity index (χ4n) is 2.94. The fraction of sp³-hybridized carbons (Fsp3) is 0.353. The van der Waals surface area contributed by atoms with Crippen LogP contribution in [0, 0.1) is 6.92 Å². The van der Waals surface area contributed by atoms with Crippen LogP contribution in [-0.2, 0) is 22.4 Å². The molecule has 1 aromatic carbocycles. The molecule has 2 aromatic rings. The number of aliphatic carboxylic acids is 2. The van der Waals surface area contributed by atoms with Gasteiger partial charge in [-0.25, -0.2) is 0 Å². The van der Waals surface area contributed by atoms with E-state index in [0.29, 0.717) is 22.2 Å². The first-order chi connectivity index (χ1) is 10.7. The van der Waals surface area contributed by atoms with E-state index in [1.54, 1.807) is 25.1 Å². The van der Waals surface area contributed by atoms with Crippen LogP contribution in [0.5, 0.6) is 0 Å². The van der Waals surface area contributed by atoms with Crippen molar-refractivity contribution in [3.63, 3.8) is 0 Å². The van der Waals surface area contributed by atoms with Gasteiger partial charge in [-0.05, 0) is 38.5 Å². The van der Waals surface area contributed by atoms with Gasteiger partial charge >= 0.3 is 11.9 Å². The number of carbonyl (C=O) groups is 2. The lowest BCUT2D eigenvalue weighted by atomic mass is 10.0. The van der Waals surface area contributed by atoms with Gasteiger partial charge in [0.15, 0.2) is 5.43 Å². The Kier molecular flexibility index (Phi) is 4.54. The van der Waals surface area contributed by atoms with Gasteiger partial charge in [-0.3, -0.25) is 14.4 Å². The van der Waals surface area contributed by atoms with Gasteiger partial charge in [-0.2, -0.15) is 0 Å². The largest absolute Gasteiger partial charge is 0.481 e. The van der Waals surface area contributed by atoms with Gasteiger partial charge in [0.05, 0.1) is 18.4 Å². The third-order valence-electron chi connectivity index (χ3n) is 3.84. The first kappa shape index (κ1) is 16.7. The van der Waals surface area contributed by atoms with Crippen molar-refractivity contribution in [2.24, 2.45) is 0 Å². The second kappa shape index (κ2) is 6.24. The molecule has 122 valence electrons. The lowest BCUT2D eigenvalue weighted by molar-refractivity contribution is -0.137. The number of fused-ring (bicyclic) bond motifs is 1. The molecule has 0 bridgehead atoms. The molecule has 0 atom stereocenters. The molecule has 0 saturated heterocycles. The minimum absolute atomic E-state index is 0.0379. The zero-order chi connectivity index (χ0) is 17.3. The number of aromatic nitrogens is 1. The topological polar surface area (TPSA) is 96.6 Å². The summed E-state index contributed by atoms with van der Waals surface area (Å²) < 4.78 is 1.92. The molecule has 0 aliphatic carbocycles. The number of rotatable bonds is 5.